The third-order valence-electron chi connectivity index (χ3n) is 3.69. The molecule has 2 amide bonds. The van der Waals surface area contributed by atoms with E-state index in [1.54, 1.807) is 18.2 Å². The van der Waals surface area contributed by atoms with Gasteiger partial charge in [0, 0.05) is 10.4 Å². The Balaban J connectivity index is 1.54. The highest BCUT2D eigenvalue weighted by atomic mass is 32.1. The molecule has 1 aliphatic carbocycles. The Kier molecular flexibility index (Phi) is 3.07. The molecule has 1 aromatic heterocycles. The fraction of sp³-hybridized carbons (Fsp3) is 0.267. The maximum Gasteiger partial charge on any atom is 0.262 e. The number of carbonyl (C=O) groups is 2. The molecule has 2 aromatic rings. The van der Waals surface area contributed by atoms with Crippen molar-refractivity contribution in [1.29, 1.82) is 0 Å². The highest BCUT2D eigenvalue weighted by molar-refractivity contribution is 7.16. The molecule has 0 atom stereocenters. The number of hydrogen-bond acceptors (Lipinski definition) is 5. The van der Waals surface area contributed by atoms with E-state index in [-0.39, 0.29) is 18.4 Å². The number of carbonyl (C=O) groups excluding carboxylic acids is 2. The van der Waals surface area contributed by atoms with Crippen LogP contribution in [0, 0.1) is 0 Å². The second-order valence-corrected chi connectivity index (χ2v) is 6.33. The maximum absolute atomic E-state index is 12.3. The van der Waals surface area contributed by atoms with Crippen molar-refractivity contribution < 1.29 is 14.3 Å². The zero-order chi connectivity index (χ0) is 15.1. The number of benzene rings is 1. The van der Waals surface area contributed by atoms with Crippen LogP contribution < -0.4 is 15.4 Å². The van der Waals surface area contributed by atoms with Crippen molar-refractivity contribution in [3.63, 3.8) is 0 Å². The van der Waals surface area contributed by atoms with Crippen LogP contribution in [0.2, 0.25) is 0 Å². The number of aryl methyl sites for hydroxylation is 2. The Morgan fingerprint density at radius 3 is 3.14 bits per heavy atom. The van der Waals surface area contributed by atoms with E-state index in [1.165, 1.54) is 16.2 Å². The molecule has 1 aliphatic heterocycles. The summed E-state index contributed by atoms with van der Waals surface area (Å²) in [4.78, 5) is 29.4. The van der Waals surface area contributed by atoms with Crippen LogP contribution in [0.15, 0.2) is 18.2 Å². The molecule has 0 spiro atoms. The summed E-state index contributed by atoms with van der Waals surface area (Å²) in [5.41, 5.74) is 2.08. The standard InChI is InChI=1S/C15H13N3O3S/c19-13-7-21-11-5-4-8(6-10(11)16-13)14(20)18-15-17-9-2-1-3-12(9)22-15/h4-6H,1-3,7H2,(H,16,19)(H,17,18,20). The van der Waals surface area contributed by atoms with Gasteiger partial charge in [0.05, 0.1) is 11.4 Å². The van der Waals surface area contributed by atoms with E-state index in [0.717, 1.165) is 25.0 Å². The predicted octanol–water partition coefficient (Wildman–Crippen LogP) is 2.21. The summed E-state index contributed by atoms with van der Waals surface area (Å²) in [6.45, 7) is 0.00319. The van der Waals surface area contributed by atoms with E-state index >= 15 is 0 Å². The summed E-state index contributed by atoms with van der Waals surface area (Å²) < 4.78 is 5.28. The molecule has 0 fully saturated rings. The predicted molar refractivity (Wildman–Crippen MR) is 82.7 cm³/mol. The Bertz CT molecular complexity index is 763. The second-order valence-electron chi connectivity index (χ2n) is 5.24. The molecule has 22 heavy (non-hydrogen) atoms. The van der Waals surface area contributed by atoms with E-state index in [9.17, 15) is 9.59 Å². The van der Waals surface area contributed by atoms with Gasteiger partial charge in [-0.15, -0.1) is 11.3 Å². The van der Waals surface area contributed by atoms with Crippen LogP contribution in [0.5, 0.6) is 5.75 Å². The number of amides is 2. The lowest BCUT2D eigenvalue weighted by Gasteiger charge is -2.18. The summed E-state index contributed by atoms with van der Waals surface area (Å²) in [6.07, 6.45) is 3.18. The van der Waals surface area contributed by atoms with Gasteiger partial charge in [-0.25, -0.2) is 4.98 Å². The van der Waals surface area contributed by atoms with E-state index < -0.39 is 0 Å². The summed E-state index contributed by atoms with van der Waals surface area (Å²) in [7, 11) is 0. The smallest absolute Gasteiger partial charge is 0.262 e. The van der Waals surface area contributed by atoms with Gasteiger partial charge in [0.25, 0.3) is 11.8 Å². The first-order chi connectivity index (χ1) is 10.7. The Morgan fingerprint density at radius 2 is 2.27 bits per heavy atom. The first-order valence-electron chi connectivity index (χ1n) is 7.06. The molecule has 2 heterocycles. The topological polar surface area (TPSA) is 80.3 Å². The number of nitrogens with zero attached hydrogens (tertiary/aromatic N) is 1. The van der Waals surface area contributed by atoms with Crippen LogP contribution in [-0.2, 0) is 17.6 Å². The number of rotatable bonds is 2. The second kappa shape index (κ2) is 5.10. The van der Waals surface area contributed by atoms with Gasteiger partial charge >= 0.3 is 0 Å². The van der Waals surface area contributed by atoms with Crippen LogP contribution in [-0.4, -0.2) is 23.4 Å². The molecule has 4 rings (SSSR count). The number of anilines is 2. The van der Waals surface area contributed by atoms with Crippen molar-refractivity contribution in [2.24, 2.45) is 0 Å². The molecule has 0 bridgehead atoms. The molecular formula is C15H13N3O3S. The van der Waals surface area contributed by atoms with Gasteiger partial charge in [-0.05, 0) is 37.5 Å². The fourth-order valence-corrected chi connectivity index (χ4v) is 3.68. The average molecular weight is 315 g/mol. The number of fused-ring (bicyclic) bond motifs is 2. The molecule has 1 aromatic carbocycles. The first kappa shape index (κ1) is 13.3. The highest BCUT2D eigenvalue weighted by Gasteiger charge is 2.20. The van der Waals surface area contributed by atoms with Crippen LogP contribution in [0.25, 0.3) is 0 Å². The molecule has 0 saturated heterocycles. The van der Waals surface area contributed by atoms with E-state index in [0.29, 0.717) is 22.1 Å². The number of thiazole rings is 1. The minimum atomic E-state index is -0.241. The summed E-state index contributed by atoms with van der Waals surface area (Å²) in [5, 5.41) is 6.15. The van der Waals surface area contributed by atoms with Gasteiger partial charge < -0.3 is 10.1 Å². The zero-order valence-electron chi connectivity index (χ0n) is 11.6. The summed E-state index contributed by atoms with van der Waals surface area (Å²) in [5.74, 6) is 0.112. The molecule has 2 N–H and O–H groups in total. The van der Waals surface area contributed by atoms with Crippen molar-refractivity contribution in [1.82, 2.24) is 4.98 Å². The van der Waals surface area contributed by atoms with Gasteiger partial charge in [-0.3, -0.25) is 14.9 Å². The quantitative estimate of drug-likeness (QED) is 0.890. The van der Waals surface area contributed by atoms with Crippen LogP contribution >= 0.6 is 11.3 Å². The molecule has 0 radical (unpaired) electrons. The van der Waals surface area contributed by atoms with E-state index in [1.807, 2.05) is 0 Å². The van der Waals surface area contributed by atoms with Crippen molar-refractivity contribution in [3.8, 4) is 5.75 Å². The van der Waals surface area contributed by atoms with Gasteiger partial charge in [-0.2, -0.15) is 0 Å². The van der Waals surface area contributed by atoms with Crippen molar-refractivity contribution in [2.75, 3.05) is 17.2 Å². The van der Waals surface area contributed by atoms with Crippen molar-refractivity contribution >= 4 is 34.0 Å². The summed E-state index contributed by atoms with van der Waals surface area (Å²) in [6, 6.07) is 4.97. The maximum atomic E-state index is 12.3. The Morgan fingerprint density at radius 1 is 1.36 bits per heavy atom. The molecule has 0 saturated carbocycles. The number of nitrogens with one attached hydrogen (secondary N) is 2. The molecule has 112 valence electrons. The number of aromatic nitrogens is 1. The Labute approximate surface area is 130 Å². The monoisotopic (exact) mass is 315 g/mol. The number of ether oxygens (including phenoxy) is 1. The molecule has 2 aliphatic rings. The highest BCUT2D eigenvalue weighted by Crippen LogP contribution is 2.31. The van der Waals surface area contributed by atoms with Crippen molar-refractivity contribution in [3.05, 3.63) is 34.3 Å². The first-order valence-corrected chi connectivity index (χ1v) is 7.87. The zero-order valence-corrected chi connectivity index (χ0v) is 12.5. The normalized spacial score (nSPS) is 15.5. The minimum absolute atomic E-state index is 0.00319. The van der Waals surface area contributed by atoms with Crippen LogP contribution in [0.4, 0.5) is 10.8 Å². The third-order valence-corrected chi connectivity index (χ3v) is 4.76. The summed E-state index contributed by atoms with van der Waals surface area (Å²) >= 11 is 1.54. The van der Waals surface area contributed by atoms with Gasteiger partial charge in [0.15, 0.2) is 11.7 Å². The fourth-order valence-electron chi connectivity index (χ4n) is 2.64. The van der Waals surface area contributed by atoms with E-state index in [4.69, 9.17) is 4.74 Å². The molecule has 6 nitrogen and oxygen atoms in total. The lowest BCUT2D eigenvalue weighted by atomic mass is 10.1. The lowest BCUT2D eigenvalue weighted by molar-refractivity contribution is -0.118. The van der Waals surface area contributed by atoms with Gasteiger partial charge in [-0.1, -0.05) is 0 Å². The molecular weight excluding hydrogens is 302 g/mol. The van der Waals surface area contributed by atoms with Crippen LogP contribution in [0.1, 0.15) is 27.3 Å². The SMILES string of the molecule is O=C1COc2ccc(C(=O)Nc3nc4c(s3)CCC4)cc2N1. The number of hydrogen-bond donors (Lipinski definition) is 2. The van der Waals surface area contributed by atoms with Crippen LogP contribution in [0.3, 0.4) is 0 Å². The minimum Gasteiger partial charge on any atom is -0.482 e. The van der Waals surface area contributed by atoms with E-state index in [2.05, 4.69) is 15.6 Å². The molecule has 7 heteroatoms. The molecule has 0 unspecified atom stereocenters. The third kappa shape index (κ3) is 2.33. The Hall–Kier alpha value is -2.41. The lowest BCUT2D eigenvalue weighted by Crippen LogP contribution is -2.25. The average Bonchev–Trinajstić information content (AvgIpc) is 3.07. The van der Waals surface area contributed by atoms with Gasteiger partial charge in [0.1, 0.15) is 5.75 Å². The van der Waals surface area contributed by atoms with Crippen molar-refractivity contribution in [2.45, 2.75) is 19.3 Å². The van der Waals surface area contributed by atoms with Gasteiger partial charge in [0.2, 0.25) is 0 Å². The largest absolute Gasteiger partial charge is 0.482 e.